The molecule has 0 spiro atoms. The van der Waals surface area contributed by atoms with E-state index in [1.807, 2.05) is 38.1 Å². The normalized spacial score (nSPS) is 13.2. The van der Waals surface area contributed by atoms with Crippen LogP contribution >= 0.6 is 11.6 Å². The number of hydrogen-bond acceptors (Lipinski definition) is 2. The van der Waals surface area contributed by atoms with E-state index in [9.17, 15) is 8.42 Å². The van der Waals surface area contributed by atoms with Gasteiger partial charge in [-0.05, 0) is 43.7 Å². The van der Waals surface area contributed by atoms with Gasteiger partial charge in [0.2, 0.25) is 10.0 Å². The maximum Gasteiger partial charge on any atom is 0.241 e. The van der Waals surface area contributed by atoms with Crippen LogP contribution in [-0.4, -0.2) is 8.42 Å². The second-order valence-corrected chi connectivity index (χ2v) is 6.86. The van der Waals surface area contributed by atoms with Crippen molar-refractivity contribution in [2.45, 2.75) is 24.8 Å². The second-order valence-electron chi connectivity index (χ2n) is 4.71. The lowest BCUT2D eigenvalue weighted by Gasteiger charge is -2.15. The molecule has 0 aliphatic heterocycles. The molecule has 1 N–H and O–H groups in total. The molecule has 0 unspecified atom stereocenters. The third kappa shape index (κ3) is 3.60. The number of halogens is 1. The standard InChI is InChI=1S/C15H16ClNO2S/c1-11-3-5-13(6-4-11)12(2)17-20(18,19)15-9-7-14(16)8-10-15/h3-10,12,17H,1-2H3/t12-/m0/s1. The molecule has 0 radical (unpaired) electrons. The van der Waals surface area contributed by atoms with Crippen LogP contribution in [0, 0.1) is 6.92 Å². The Morgan fingerprint density at radius 3 is 2.10 bits per heavy atom. The maximum atomic E-state index is 12.2. The van der Waals surface area contributed by atoms with Crippen molar-refractivity contribution in [3.05, 3.63) is 64.7 Å². The summed E-state index contributed by atoms with van der Waals surface area (Å²) in [7, 11) is -3.54. The molecule has 0 saturated carbocycles. The van der Waals surface area contributed by atoms with Gasteiger partial charge in [-0.3, -0.25) is 0 Å². The molecule has 0 saturated heterocycles. The molecular weight excluding hydrogens is 294 g/mol. The van der Waals surface area contributed by atoms with Crippen molar-refractivity contribution in [3.63, 3.8) is 0 Å². The highest BCUT2D eigenvalue weighted by atomic mass is 35.5. The first-order valence-corrected chi connectivity index (χ1v) is 8.09. The lowest BCUT2D eigenvalue weighted by Crippen LogP contribution is -2.26. The highest BCUT2D eigenvalue weighted by Crippen LogP contribution is 2.19. The minimum atomic E-state index is -3.54. The summed E-state index contributed by atoms with van der Waals surface area (Å²) in [5.74, 6) is 0. The molecule has 0 aliphatic rings. The summed E-state index contributed by atoms with van der Waals surface area (Å²) in [5, 5.41) is 0.510. The number of hydrogen-bond donors (Lipinski definition) is 1. The lowest BCUT2D eigenvalue weighted by molar-refractivity contribution is 0.567. The van der Waals surface area contributed by atoms with Crippen LogP contribution in [0.15, 0.2) is 53.4 Å². The van der Waals surface area contributed by atoms with Gasteiger partial charge in [0.1, 0.15) is 0 Å². The van der Waals surface area contributed by atoms with Crippen LogP contribution in [0.3, 0.4) is 0 Å². The van der Waals surface area contributed by atoms with Crippen molar-refractivity contribution in [3.8, 4) is 0 Å². The first-order chi connectivity index (χ1) is 9.38. The predicted molar refractivity (Wildman–Crippen MR) is 81.4 cm³/mol. The van der Waals surface area contributed by atoms with Crippen LogP contribution in [0.2, 0.25) is 5.02 Å². The van der Waals surface area contributed by atoms with E-state index in [4.69, 9.17) is 11.6 Å². The van der Waals surface area contributed by atoms with Crippen LogP contribution in [0.25, 0.3) is 0 Å². The summed E-state index contributed by atoms with van der Waals surface area (Å²) < 4.78 is 27.1. The first kappa shape index (κ1) is 15.0. The zero-order valence-electron chi connectivity index (χ0n) is 11.3. The Morgan fingerprint density at radius 2 is 1.55 bits per heavy atom. The molecule has 0 fully saturated rings. The van der Waals surface area contributed by atoms with Gasteiger partial charge in [-0.25, -0.2) is 13.1 Å². The van der Waals surface area contributed by atoms with Gasteiger partial charge < -0.3 is 0 Å². The van der Waals surface area contributed by atoms with Gasteiger partial charge in [0.25, 0.3) is 0 Å². The molecule has 5 heteroatoms. The van der Waals surface area contributed by atoms with Gasteiger partial charge in [-0.1, -0.05) is 41.4 Å². The van der Waals surface area contributed by atoms with Crippen molar-refractivity contribution >= 4 is 21.6 Å². The Balaban J connectivity index is 2.19. The molecule has 2 aromatic rings. The minimum absolute atomic E-state index is 0.209. The van der Waals surface area contributed by atoms with E-state index in [2.05, 4.69) is 4.72 Å². The fourth-order valence-corrected chi connectivity index (χ4v) is 3.20. The van der Waals surface area contributed by atoms with E-state index in [1.54, 1.807) is 12.1 Å². The molecular formula is C15H16ClNO2S. The van der Waals surface area contributed by atoms with Gasteiger partial charge >= 0.3 is 0 Å². The highest BCUT2D eigenvalue weighted by molar-refractivity contribution is 7.89. The third-order valence-corrected chi connectivity index (χ3v) is 4.84. The second kappa shape index (κ2) is 5.95. The average Bonchev–Trinajstić information content (AvgIpc) is 2.39. The summed E-state index contributed by atoms with van der Waals surface area (Å²) in [6, 6.07) is 13.6. The quantitative estimate of drug-likeness (QED) is 0.936. The SMILES string of the molecule is Cc1ccc([C@H](C)NS(=O)(=O)c2ccc(Cl)cc2)cc1. The van der Waals surface area contributed by atoms with Gasteiger partial charge in [0.05, 0.1) is 4.90 Å². The van der Waals surface area contributed by atoms with E-state index in [0.717, 1.165) is 11.1 Å². The van der Waals surface area contributed by atoms with E-state index >= 15 is 0 Å². The zero-order chi connectivity index (χ0) is 14.8. The molecule has 2 aromatic carbocycles. The minimum Gasteiger partial charge on any atom is -0.207 e. The van der Waals surface area contributed by atoms with Crippen LogP contribution in [0.5, 0.6) is 0 Å². The number of rotatable bonds is 4. The number of benzene rings is 2. The largest absolute Gasteiger partial charge is 0.241 e. The summed E-state index contributed by atoms with van der Waals surface area (Å²) in [6.45, 7) is 3.81. The fraction of sp³-hybridized carbons (Fsp3) is 0.200. The molecule has 2 rings (SSSR count). The van der Waals surface area contributed by atoms with Crippen molar-refractivity contribution in [1.82, 2.24) is 4.72 Å². The summed E-state index contributed by atoms with van der Waals surface area (Å²) in [5.41, 5.74) is 2.06. The van der Waals surface area contributed by atoms with Crippen molar-refractivity contribution in [2.24, 2.45) is 0 Å². The van der Waals surface area contributed by atoms with E-state index in [-0.39, 0.29) is 10.9 Å². The Hall–Kier alpha value is -1.36. The summed E-state index contributed by atoms with van der Waals surface area (Å²) >= 11 is 5.76. The molecule has 0 heterocycles. The molecule has 1 atom stereocenters. The lowest BCUT2D eigenvalue weighted by atomic mass is 10.1. The molecule has 0 amide bonds. The van der Waals surface area contributed by atoms with Gasteiger partial charge in [-0.15, -0.1) is 0 Å². The number of sulfonamides is 1. The molecule has 0 aliphatic carbocycles. The van der Waals surface area contributed by atoms with Crippen LogP contribution in [-0.2, 0) is 10.0 Å². The Bertz CT molecular complexity index is 679. The van der Waals surface area contributed by atoms with Crippen molar-refractivity contribution in [1.29, 1.82) is 0 Å². The third-order valence-electron chi connectivity index (χ3n) is 3.03. The topological polar surface area (TPSA) is 46.2 Å². The van der Waals surface area contributed by atoms with E-state index in [1.165, 1.54) is 12.1 Å². The monoisotopic (exact) mass is 309 g/mol. The first-order valence-electron chi connectivity index (χ1n) is 6.23. The number of nitrogens with one attached hydrogen (secondary N) is 1. The molecule has 0 bridgehead atoms. The average molecular weight is 310 g/mol. The Morgan fingerprint density at radius 1 is 1.00 bits per heavy atom. The zero-order valence-corrected chi connectivity index (χ0v) is 12.9. The van der Waals surface area contributed by atoms with E-state index < -0.39 is 10.0 Å². The Labute approximate surface area is 124 Å². The van der Waals surface area contributed by atoms with Gasteiger partial charge in [0, 0.05) is 11.1 Å². The Kier molecular flexibility index (Phi) is 4.48. The predicted octanol–water partition coefficient (Wildman–Crippen LogP) is 3.69. The molecule has 0 aromatic heterocycles. The fourth-order valence-electron chi connectivity index (χ4n) is 1.84. The molecule has 20 heavy (non-hydrogen) atoms. The van der Waals surface area contributed by atoms with Crippen LogP contribution in [0.4, 0.5) is 0 Å². The van der Waals surface area contributed by atoms with Crippen LogP contribution < -0.4 is 4.72 Å². The smallest absolute Gasteiger partial charge is 0.207 e. The number of aryl methyl sites for hydroxylation is 1. The maximum absolute atomic E-state index is 12.2. The van der Waals surface area contributed by atoms with Crippen LogP contribution in [0.1, 0.15) is 24.1 Å². The van der Waals surface area contributed by atoms with Gasteiger partial charge in [0.15, 0.2) is 0 Å². The summed E-state index contributed by atoms with van der Waals surface area (Å²) in [4.78, 5) is 0.209. The molecule has 3 nitrogen and oxygen atoms in total. The highest BCUT2D eigenvalue weighted by Gasteiger charge is 2.18. The summed E-state index contributed by atoms with van der Waals surface area (Å²) in [6.07, 6.45) is 0. The molecule has 106 valence electrons. The van der Waals surface area contributed by atoms with Crippen molar-refractivity contribution < 1.29 is 8.42 Å². The van der Waals surface area contributed by atoms with Gasteiger partial charge in [-0.2, -0.15) is 0 Å². The van der Waals surface area contributed by atoms with E-state index in [0.29, 0.717) is 5.02 Å². The van der Waals surface area contributed by atoms with Crippen molar-refractivity contribution in [2.75, 3.05) is 0 Å².